The van der Waals surface area contributed by atoms with Crippen molar-refractivity contribution in [2.24, 2.45) is 0 Å². The van der Waals surface area contributed by atoms with Crippen molar-refractivity contribution >= 4 is 16.9 Å². The maximum absolute atomic E-state index is 11.9. The van der Waals surface area contributed by atoms with Gasteiger partial charge in [-0.1, -0.05) is 18.2 Å². The number of nitrogens with zero attached hydrogens (tertiary/aromatic N) is 2. The van der Waals surface area contributed by atoms with Crippen LogP contribution in [0.25, 0.3) is 22.2 Å². The number of rotatable bonds is 4. The van der Waals surface area contributed by atoms with Crippen molar-refractivity contribution in [3.63, 3.8) is 0 Å². The molecule has 0 aliphatic rings. The van der Waals surface area contributed by atoms with Gasteiger partial charge in [0.15, 0.2) is 0 Å². The van der Waals surface area contributed by atoms with Crippen LogP contribution in [0, 0.1) is 0 Å². The molecule has 21 heavy (non-hydrogen) atoms. The van der Waals surface area contributed by atoms with Gasteiger partial charge in [0.25, 0.3) is 0 Å². The molecule has 0 spiro atoms. The van der Waals surface area contributed by atoms with Gasteiger partial charge < -0.3 is 9.30 Å². The lowest BCUT2D eigenvalue weighted by atomic mass is 10.2. The monoisotopic (exact) mass is 280 g/mol. The minimum atomic E-state index is -0.232. The van der Waals surface area contributed by atoms with Gasteiger partial charge in [-0.25, -0.2) is 0 Å². The summed E-state index contributed by atoms with van der Waals surface area (Å²) in [4.78, 5) is 16.0. The summed E-state index contributed by atoms with van der Waals surface area (Å²) >= 11 is 0. The molecule has 106 valence electrons. The molecule has 2 aromatic heterocycles. The first kappa shape index (κ1) is 13.4. The van der Waals surface area contributed by atoms with Crippen LogP contribution >= 0.6 is 0 Å². The SMILES string of the molecule is CCOC(=O)Cn1c(-c2cccnc2)cc2ccccc21. The highest BCUT2D eigenvalue weighted by atomic mass is 16.5. The number of benzene rings is 1. The molecule has 0 aliphatic heterocycles. The predicted octanol–water partition coefficient (Wildman–Crippen LogP) is 3.27. The number of aromatic nitrogens is 2. The van der Waals surface area contributed by atoms with E-state index in [1.54, 1.807) is 12.4 Å². The zero-order valence-electron chi connectivity index (χ0n) is 11.8. The van der Waals surface area contributed by atoms with Crippen LogP contribution in [-0.2, 0) is 16.1 Å². The van der Waals surface area contributed by atoms with Gasteiger partial charge in [0.1, 0.15) is 6.54 Å². The van der Waals surface area contributed by atoms with Crippen LogP contribution in [0.1, 0.15) is 6.92 Å². The molecule has 3 aromatic rings. The first-order chi connectivity index (χ1) is 10.3. The Morgan fingerprint density at radius 3 is 2.86 bits per heavy atom. The Balaban J connectivity index is 2.12. The van der Waals surface area contributed by atoms with E-state index in [9.17, 15) is 4.79 Å². The molecule has 2 heterocycles. The van der Waals surface area contributed by atoms with E-state index in [0.717, 1.165) is 22.2 Å². The van der Waals surface area contributed by atoms with Crippen LogP contribution in [-0.4, -0.2) is 22.1 Å². The van der Waals surface area contributed by atoms with Crippen LogP contribution in [0.2, 0.25) is 0 Å². The van der Waals surface area contributed by atoms with Gasteiger partial charge in [-0.15, -0.1) is 0 Å². The fourth-order valence-corrected chi connectivity index (χ4v) is 2.47. The Labute approximate surface area is 123 Å². The van der Waals surface area contributed by atoms with Gasteiger partial charge in [0.05, 0.1) is 12.3 Å². The second kappa shape index (κ2) is 5.79. The average Bonchev–Trinajstić information content (AvgIpc) is 2.87. The van der Waals surface area contributed by atoms with Crippen LogP contribution in [0.15, 0.2) is 54.9 Å². The zero-order chi connectivity index (χ0) is 14.7. The van der Waals surface area contributed by atoms with Crippen molar-refractivity contribution < 1.29 is 9.53 Å². The smallest absolute Gasteiger partial charge is 0.325 e. The van der Waals surface area contributed by atoms with Crippen LogP contribution in [0.3, 0.4) is 0 Å². The van der Waals surface area contributed by atoms with E-state index in [1.165, 1.54) is 0 Å². The average molecular weight is 280 g/mol. The molecular weight excluding hydrogens is 264 g/mol. The maximum atomic E-state index is 11.9. The van der Waals surface area contributed by atoms with Gasteiger partial charge in [-0.2, -0.15) is 0 Å². The highest BCUT2D eigenvalue weighted by Gasteiger charge is 2.13. The number of carbonyl (C=O) groups is 1. The maximum Gasteiger partial charge on any atom is 0.325 e. The summed E-state index contributed by atoms with van der Waals surface area (Å²) in [7, 11) is 0. The topological polar surface area (TPSA) is 44.1 Å². The van der Waals surface area contributed by atoms with E-state index < -0.39 is 0 Å². The summed E-state index contributed by atoms with van der Waals surface area (Å²) < 4.78 is 7.06. The van der Waals surface area contributed by atoms with Gasteiger partial charge in [-0.05, 0) is 31.2 Å². The third kappa shape index (κ3) is 2.65. The normalized spacial score (nSPS) is 10.7. The second-order valence-electron chi connectivity index (χ2n) is 4.72. The molecule has 0 saturated carbocycles. The molecule has 0 saturated heterocycles. The van der Waals surface area contributed by atoms with Gasteiger partial charge in [-0.3, -0.25) is 9.78 Å². The number of esters is 1. The molecule has 0 bridgehead atoms. The van der Waals surface area contributed by atoms with Gasteiger partial charge >= 0.3 is 5.97 Å². The lowest BCUT2D eigenvalue weighted by Gasteiger charge is -2.10. The Morgan fingerprint density at radius 1 is 1.24 bits per heavy atom. The lowest BCUT2D eigenvalue weighted by Crippen LogP contribution is -2.14. The lowest BCUT2D eigenvalue weighted by molar-refractivity contribution is -0.143. The molecule has 0 amide bonds. The van der Waals surface area contributed by atoms with Crippen molar-refractivity contribution in [2.45, 2.75) is 13.5 Å². The molecule has 3 rings (SSSR count). The molecule has 0 atom stereocenters. The predicted molar refractivity (Wildman–Crippen MR) is 81.8 cm³/mol. The van der Waals surface area contributed by atoms with Crippen LogP contribution in [0.5, 0.6) is 0 Å². The Hall–Kier alpha value is -2.62. The largest absolute Gasteiger partial charge is 0.465 e. The fraction of sp³-hybridized carbons (Fsp3) is 0.176. The number of hydrogen-bond acceptors (Lipinski definition) is 3. The summed E-state index contributed by atoms with van der Waals surface area (Å²) in [6.45, 7) is 2.40. The molecule has 0 N–H and O–H groups in total. The minimum Gasteiger partial charge on any atom is -0.465 e. The number of carbonyl (C=O) groups excluding carboxylic acids is 1. The summed E-state index contributed by atoms with van der Waals surface area (Å²) in [5, 5.41) is 1.10. The Morgan fingerprint density at radius 2 is 2.10 bits per heavy atom. The van der Waals surface area contributed by atoms with Crippen molar-refractivity contribution in [3.05, 3.63) is 54.9 Å². The van der Waals surface area contributed by atoms with E-state index in [-0.39, 0.29) is 12.5 Å². The van der Waals surface area contributed by atoms with E-state index in [0.29, 0.717) is 6.61 Å². The molecule has 0 radical (unpaired) electrons. The molecule has 0 unspecified atom stereocenters. The van der Waals surface area contributed by atoms with Gasteiger partial charge in [0.2, 0.25) is 0 Å². The van der Waals surface area contributed by atoms with Crippen molar-refractivity contribution in [1.29, 1.82) is 0 Å². The third-order valence-electron chi connectivity index (χ3n) is 3.36. The van der Waals surface area contributed by atoms with Crippen molar-refractivity contribution in [1.82, 2.24) is 9.55 Å². The summed E-state index contributed by atoms with van der Waals surface area (Å²) in [6.07, 6.45) is 3.54. The summed E-state index contributed by atoms with van der Waals surface area (Å²) in [5.41, 5.74) is 2.97. The highest BCUT2D eigenvalue weighted by Crippen LogP contribution is 2.27. The summed E-state index contributed by atoms with van der Waals surface area (Å²) in [5.74, 6) is -0.232. The number of pyridine rings is 1. The molecule has 1 aromatic carbocycles. The highest BCUT2D eigenvalue weighted by molar-refractivity contribution is 5.88. The fourth-order valence-electron chi connectivity index (χ4n) is 2.47. The molecule has 0 fully saturated rings. The van der Waals surface area contributed by atoms with Gasteiger partial charge in [0, 0.05) is 28.9 Å². The van der Waals surface area contributed by atoms with Crippen molar-refractivity contribution in [3.8, 4) is 11.3 Å². The van der Waals surface area contributed by atoms with Crippen LogP contribution in [0.4, 0.5) is 0 Å². The van der Waals surface area contributed by atoms with Crippen LogP contribution < -0.4 is 0 Å². The quantitative estimate of drug-likeness (QED) is 0.689. The number of hydrogen-bond donors (Lipinski definition) is 0. The van der Waals surface area contributed by atoms with E-state index >= 15 is 0 Å². The number of ether oxygens (including phenoxy) is 1. The third-order valence-corrected chi connectivity index (χ3v) is 3.36. The van der Waals surface area contributed by atoms with Crippen molar-refractivity contribution in [2.75, 3.05) is 6.61 Å². The summed E-state index contributed by atoms with van der Waals surface area (Å²) in [6, 6.07) is 14.0. The second-order valence-corrected chi connectivity index (χ2v) is 4.72. The molecule has 0 aliphatic carbocycles. The zero-order valence-corrected chi connectivity index (χ0v) is 11.8. The minimum absolute atomic E-state index is 0.200. The first-order valence-electron chi connectivity index (χ1n) is 6.94. The molecule has 4 nitrogen and oxygen atoms in total. The van der Waals surface area contributed by atoms with E-state index in [2.05, 4.69) is 11.1 Å². The Bertz CT molecular complexity index is 763. The van der Waals surface area contributed by atoms with E-state index in [4.69, 9.17) is 4.74 Å². The number of fused-ring (bicyclic) bond motifs is 1. The van der Waals surface area contributed by atoms with E-state index in [1.807, 2.05) is 47.9 Å². The molecule has 4 heteroatoms. The number of para-hydroxylation sites is 1. The standard InChI is InChI=1S/C17H16N2O2/c1-2-21-17(20)12-19-15-8-4-3-6-13(15)10-16(19)14-7-5-9-18-11-14/h3-11H,2,12H2,1H3. The molecular formula is C17H16N2O2. The first-order valence-corrected chi connectivity index (χ1v) is 6.94. The Kier molecular flexibility index (Phi) is 3.69.